The first-order valence-electron chi connectivity index (χ1n) is 24.5. The number of methoxy groups -OCH3 is 1. The van der Waals surface area contributed by atoms with E-state index in [4.69, 9.17) is 10.2 Å². The Bertz CT molecular complexity index is 621. The highest BCUT2D eigenvalue weighted by Gasteiger charge is 1.99. The second kappa shape index (κ2) is 58.8. The van der Waals surface area contributed by atoms with Gasteiger partial charge < -0.3 is 14.9 Å². The molecule has 0 rings (SSSR count). The second-order valence-corrected chi connectivity index (χ2v) is 16.2. The molecule has 0 unspecified atom stereocenters. The quantitative estimate of drug-likeness (QED) is 0.0368. The summed E-state index contributed by atoms with van der Waals surface area (Å²) >= 11 is 0. The maximum Gasteiger partial charge on any atom is 0.305 e. The number of aliphatic hydroxyl groups is 2. The van der Waals surface area contributed by atoms with Crippen LogP contribution in [0.25, 0.3) is 0 Å². The zero-order valence-corrected chi connectivity index (χ0v) is 37.8. The molecule has 0 aliphatic heterocycles. The number of rotatable bonds is 43. The molecule has 0 aromatic rings. The first-order chi connectivity index (χ1) is 26.7. The lowest BCUT2D eigenvalue weighted by atomic mass is 10.0. The van der Waals surface area contributed by atoms with Crippen molar-refractivity contribution in [2.45, 2.75) is 284 Å². The Morgan fingerprint density at radius 1 is 0.370 bits per heavy atom. The molecule has 0 saturated carbocycles. The lowest BCUT2D eigenvalue weighted by Crippen LogP contribution is -1.98. The van der Waals surface area contributed by atoms with Crippen LogP contribution in [-0.4, -0.2) is 37.0 Å². The number of unbranched alkanes of at least 4 members (excludes halogenated alkanes) is 38. The van der Waals surface area contributed by atoms with E-state index in [2.05, 4.69) is 30.7 Å². The molecule has 4 nitrogen and oxygen atoms in total. The van der Waals surface area contributed by atoms with Gasteiger partial charge in [-0.15, -0.1) is 0 Å². The zero-order chi connectivity index (χ0) is 40.1. The van der Waals surface area contributed by atoms with Crippen molar-refractivity contribution in [3.63, 3.8) is 0 Å². The molecule has 0 amide bonds. The van der Waals surface area contributed by atoms with Gasteiger partial charge in [-0.05, 0) is 38.5 Å². The van der Waals surface area contributed by atoms with E-state index in [1.165, 1.54) is 251 Å². The number of allylic oxidation sites excluding steroid dienone is 2. The van der Waals surface area contributed by atoms with E-state index in [1.54, 1.807) is 0 Å². The van der Waals surface area contributed by atoms with Crippen molar-refractivity contribution >= 4 is 5.97 Å². The van der Waals surface area contributed by atoms with Gasteiger partial charge in [0.2, 0.25) is 0 Å². The highest BCUT2D eigenvalue weighted by Crippen LogP contribution is 2.16. The monoisotopic (exact) mass is 767 g/mol. The number of carbonyl (C=O) groups excluding carboxylic acids is 1. The highest BCUT2D eigenvalue weighted by molar-refractivity contribution is 5.68. The SMILES string of the molecule is CCCCCCCC/C=C\CCCCCCCC(=O)OC.CCCCCCCCCCCCCCCCCCCCCCCCCCCCCCO.CO. The molecule has 0 saturated heterocycles. The fourth-order valence-corrected chi connectivity index (χ4v) is 7.22. The molecule has 0 radical (unpaired) electrons. The van der Waals surface area contributed by atoms with Gasteiger partial charge in [-0.25, -0.2) is 0 Å². The van der Waals surface area contributed by atoms with Crippen molar-refractivity contribution in [3.8, 4) is 0 Å². The molecule has 2 N–H and O–H groups in total. The predicted octanol–water partition coefficient (Wildman–Crippen LogP) is 16.7. The molecule has 0 aliphatic rings. The molecule has 0 heterocycles. The maximum atomic E-state index is 10.9. The Balaban J connectivity index is -0.000000984. The van der Waals surface area contributed by atoms with E-state index in [0.717, 1.165) is 26.4 Å². The third-order valence-electron chi connectivity index (χ3n) is 10.9. The average molecular weight is 767 g/mol. The third kappa shape index (κ3) is 60.4. The van der Waals surface area contributed by atoms with Crippen LogP contribution in [0.5, 0.6) is 0 Å². The Morgan fingerprint density at radius 2 is 0.593 bits per heavy atom. The first-order valence-corrected chi connectivity index (χ1v) is 24.5. The molecule has 54 heavy (non-hydrogen) atoms. The fourth-order valence-electron chi connectivity index (χ4n) is 7.22. The normalized spacial score (nSPS) is 11.0. The minimum Gasteiger partial charge on any atom is -0.469 e. The molecule has 0 aliphatic carbocycles. The van der Waals surface area contributed by atoms with Gasteiger partial charge in [0.15, 0.2) is 0 Å². The molecule has 0 aromatic carbocycles. The summed E-state index contributed by atoms with van der Waals surface area (Å²) in [6.07, 6.45) is 62.0. The van der Waals surface area contributed by atoms with Gasteiger partial charge in [-0.3, -0.25) is 4.79 Å². The number of carbonyl (C=O) groups is 1. The first kappa shape index (κ1) is 57.5. The molecule has 0 fully saturated rings. The van der Waals surface area contributed by atoms with Crippen LogP contribution in [0.4, 0.5) is 0 Å². The van der Waals surface area contributed by atoms with Crippen LogP contribution in [0.1, 0.15) is 284 Å². The lowest BCUT2D eigenvalue weighted by Gasteiger charge is -2.04. The number of ether oxygens (including phenoxy) is 1. The Kier molecular flexibility index (Phi) is 62.6. The van der Waals surface area contributed by atoms with Crippen molar-refractivity contribution in [2.75, 3.05) is 20.8 Å². The van der Waals surface area contributed by atoms with Crippen LogP contribution in [0.2, 0.25) is 0 Å². The summed E-state index contributed by atoms with van der Waals surface area (Å²) in [5.74, 6) is -0.0763. The van der Waals surface area contributed by atoms with E-state index < -0.39 is 0 Å². The fraction of sp³-hybridized carbons (Fsp3) is 0.940. The summed E-state index contributed by atoms with van der Waals surface area (Å²) in [7, 11) is 2.46. The summed E-state index contributed by atoms with van der Waals surface area (Å²) in [5.41, 5.74) is 0. The summed E-state index contributed by atoms with van der Waals surface area (Å²) in [5, 5.41) is 15.8. The molecule has 0 bridgehead atoms. The van der Waals surface area contributed by atoms with Crippen molar-refractivity contribution < 1.29 is 19.7 Å². The van der Waals surface area contributed by atoms with E-state index in [1.807, 2.05) is 0 Å². The molecule has 0 aromatic heterocycles. The summed E-state index contributed by atoms with van der Waals surface area (Å²) < 4.78 is 4.62. The van der Waals surface area contributed by atoms with Crippen LogP contribution in [0.3, 0.4) is 0 Å². The summed E-state index contributed by atoms with van der Waals surface area (Å²) in [6.45, 7) is 4.94. The molecule has 326 valence electrons. The van der Waals surface area contributed by atoms with Crippen LogP contribution < -0.4 is 0 Å². The Morgan fingerprint density at radius 3 is 0.833 bits per heavy atom. The van der Waals surface area contributed by atoms with E-state index in [0.29, 0.717) is 13.0 Å². The topological polar surface area (TPSA) is 66.8 Å². The number of esters is 1. The second-order valence-electron chi connectivity index (χ2n) is 16.2. The lowest BCUT2D eigenvalue weighted by molar-refractivity contribution is -0.140. The van der Waals surface area contributed by atoms with Crippen molar-refractivity contribution in [2.24, 2.45) is 0 Å². The van der Waals surface area contributed by atoms with Crippen molar-refractivity contribution in [3.05, 3.63) is 12.2 Å². The zero-order valence-electron chi connectivity index (χ0n) is 37.8. The summed E-state index contributed by atoms with van der Waals surface area (Å²) in [6, 6.07) is 0. The molecular formula is C50H102O4. The van der Waals surface area contributed by atoms with Gasteiger partial charge in [-0.1, -0.05) is 251 Å². The van der Waals surface area contributed by atoms with Gasteiger partial charge in [0.1, 0.15) is 0 Å². The number of hydrogen-bond donors (Lipinski definition) is 2. The molecular weight excluding hydrogens is 665 g/mol. The Labute approximate surface area is 341 Å². The molecule has 0 spiro atoms. The van der Waals surface area contributed by atoms with Gasteiger partial charge in [-0.2, -0.15) is 0 Å². The Hall–Kier alpha value is -0.870. The summed E-state index contributed by atoms with van der Waals surface area (Å²) in [4.78, 5) is 10.9. The molecule has 4 heteroatoms. The number of aliphatic hydroxyl groups excluding tert-OH is 2. The van der Waals surface area contributed by atoms with Crippen molar-refractivity contribution in [1.29, 1.82) is 0 Å². The van der Waals surface area contributed by atoms with Gasteiger partial charge >= 0.3 is 5.97 Å². The number of hydrogen-bond acceptors (Lipinski definition) is 4. The van der Waals surface area contributed by atoms with E-state index >= 15 is 0 Å². The van der Waals surface area contributed by atoms with Crippen LogP contribution in [-0.2, 0) is 9.53 Å². The highest BCUT2D eigenvalue weighted by atomic mass is 16.5. The van der Waals surface area contributed by atoms with Crippen molar-refractivity contribution in [1.82, 2.24) is 0 Å². The molecule has 0 atom stereocenters. The average Bonchev–Trinajstić information content (AvgIpc) is 3.20. The van der Waals surface area contributed by atoms with Crippen LogP contribution in [0.15, 0.2) is 12.2 Å². The maximum absolute atomic E-state index is 10.9. The minimum absolute atomic E-state index is 0.0763. The van der Waals surface area contributed by atoms with Crippen LogP contribution in [0, 0.1) is 0 Å². The standard InChI is InChI=1S/C30H62O.C19H36O2.CH4O/c1-2-3-4-5-6-7-8-9-10-11-12-13-14-15-16-17-18-19-20-21-22-23-24-25-26-27-28-29-30-31;1-3-4-5-6-7-8-9-10-11-12-13-14-15-16-17-18-19(20)21-2;1-2/h31H,2-30H2,1H3;10-11H,3-9,12-18H2,1-2H3;2H,1H3/b;11-10-;. The van der Waals surface area contributed by atoms with Crippen LogP contribution >= 0.6 is 0 Å². The van der Waals surface area contributed by atoms with E-state index in [9.17, 15) is 4.79 Å². The largest absolute Gasteiger partial charge is 0.469 e. The predicted molar refractivity (Wildman–Crippen MR) is 242 cm³/mol. The van der Waals surface area contributed by atoms with Gasteiger partial charge in [0.05, 0.1) is 7.11 Å². The third-order valence-corrected chi connectivity index (χ3v) is 10.9. The van der Waals surface area contributed by atoms with Gasteiger partial charge in [0, 0.05) is 20.1 Å². The van der Waals surface area contributed by atoms with E-state index in [-0.39, 0.29) is 5.97 Å². The smallest absolute Gasteiger partial charge is 0.305 e. The minimum atomic E-state index is -0.0763. The van der Waals surface area contributed by atoms with Gasteiger partial charge in [0.25, 0.3) is 0 Å².